The van der Waals surface area contributed by atoms with E-state index in [4.69, 9.17) is 9.47 Å². The van der Waals surface area contributed by atoms with E-state index >= 15 is 0 Å². The SMILES string of the molecule is CCNCc1ccc(OC(C)CCOC)c(Br)c1. The van der Waals surface area contributed by atoms with Crippen molar-refractivity contribution in [1.29, 1.82) is 0 Å². The molecular formula is C14H22BrNO2. The molecule has 0 spiro atoms. The monoisotopic (exact) mass is 315 g/mol. The summed E-state index contributed by atoms with van der Waals surface area (Å²) in [6.07, 6.45) is 1.04. The normalized spacial score (nSPS) is 12.4. The number of hydrogen-bond donors (Lipinski definition) is 1. The lowest BCUT2D eigenvalue weighted by Gasteiger charge is -2.16. The molecule has 1 unspecified atom stereocenters. The topological polar surface area (TPSA) is 30.5 Å². The Morgan fingerprint density at radius 1 is 1.39 bits per heavy atom. The molecule has 0 fully saturated rings. The number of halogens is 1. The zero-order chi connectivity index (χ0) is 13.4. The van der Waals surface area contributed by atoms with Crippen LogP contribution in [0.15, 0.2) is 22.7 Å². The molecule has 102 valence electrons. The third kappa shape index (κ3) is 5.38. The second-order valence-corrected chi connectivity index (χ2v) is 5.11. The fourth-order valence-electron chi connectivity index (χ4n) is 1.58. The van der Waals surface area contributed by atoms with Gasteiger partial charge in [0.1, 0.15) is 5.75 Å². The van der Waals surface area contributed by atoms with Crippen molar-refractivity contribution in [2.45, 2.75) is 32.9 Å². The predicted octanol–water partition coefficient (Wildman–Crippen LogP) is 3.36. The van der Waals surface area contributed by atoms with Gasteiger partial charge in [-0.1, -0.05) is 13.0 Å². The molecule has 0 saturated heterocycles. The highest BCUT2D eigenvalue weighted by molar-refractivity contribution is 9.10. The number of rotatable bonds is 8. The Bertz CT molecular complexity index is 358. The van der Waals surface area contributed by atoms with Gasteiger partial charge in [-0.3, -0.25) is 0 Å². The standard InChI is InChI=1S/C14H22BrNO2/c1-4-16-10-12-5-6-14(13(15)9-12)18-11(2)7-8-17-3/h5-6,9,11,16H,4,7-8,10H2,1-3H3. The lowest BCUT2D eigenvalue weighted by molar-refractivity contribution is 0.134. The molecule has 0 radical (unpaired) electrons. The molecule has 0 aliphatic heterocycles. The second kappa shape index (κ2) is 8.51. The van der Waals surface area contributed by atoms with Crippen LogP contribution < -0.4 is 10.1 Å². The Kier molecular flexibility index (Phi) is 7.32. The minimum atomic E-state index is 0.154. The maximum Gasteiger partial charge on any atom is 0.133 e. The fourth-order valence-corrected chi connectivity index (χ4v) is 2.10. The lowest BCUT2D eigenvalue weighted by Crippen LogP contribution is -2.15. The van der Waals surface area contributed by atoms with E-state index in [1.165, 1.54) is 5.56 Å². The molecule has 0 aromatic heterocycles. The number of benzene rings is 1. The van der Waals surface area contributed by atoms with Gasteiger partial charge in [-0.2, -0.15) is 0 Å². The first-order chi connectivity index (χ1) is 8.67. The van der Waals surface area contributed by atoms with E-state index in [2.05, 4.69) is 47.2 Å². The van der Waals surface area contributed by atoms with Gasteiger partial charge in [0.05, 0.1) is 10.6 Å². The minimum absolute atomic E-state index is 0.154. The van der Waals surface area contributed by atoms with Crippen molar-refractivity contribution in [2.75, 3.05) is 20.3 Å². The average Bonchev–Trinajstić information content (AvgIpc) is 2.36. The summed E-state index contributed by atoms with van der Waals surface area (Å²) in [4.78, 5) is 0. The summed E-state index contributed by atoms with van der Waals surface area (Å²) in [6, 6.07) is 6.20. The van der Waals surface area contributed by atoms with Crippen molar-refractivity contribution in [2.24, 2.45) is 0 Å². The summed E-state index contributed by atoms with van der Waals surface area (Å²) in [5.74, 6) is 0.888. The summed E-state index contributed by atoms with van der Waals surface area (Å²) in [5, 5.41) is 3.30. The van der Waals surface area contributed by atoms with Gasteiger partial charge < -0.3 is 14.8 Å². The smallest absolute Gasteiger partial charge is 0.133 e. The highest BCUT2D eigenvalue weighted by Gasteiger charge is 2.07. The van der Waals surface area contributed by atoms with E-state index in [0.717, 1.165) is 36.3 Å². The molecule has 1 N–H and O–H groups in total. The molecular weight excluding hydrogens is 294 g/mol. The number of nitrogens with one attached hydrogen (secondary N) is 1. The molecule has 1 rings (SSSR count). The largest absolute Gasteiger partial charge is 0.489 e. The highest BCUT2D eigenvalue weighted by atomic mass is 79.9. The van der Waals surface area contributed by atoms with Crippen molar-refractivity contribution in [3.63, 3.8) is 0 Å². The van der Waals surface area contributed by atoms with E-state index in [9.17, 15) is 0 Å². The van der Waals surface area contributed by atoms with Gasteiger partial charge in [0.15, 0.2) is 0 Å². The van der Waals surface area contributed by atoms with E-state index < -0.39 is 0 Å². The first kappa shape index (κ1) is 15.5. The summed E-state index contributed by atoms with van der Waals surface area (Å²) in [7, 11) is 1.71. The lowest BCUT2D eigenvalue weighted by atomic mass is 10.2. The molecule has 0 saturated carbocycles. The molecule has 18 heavy (non-hydrogen) atoms. The zero-order valence-electron chi connectivity index (χ0n) is 11.3. The van der Waals surface area contributed by atoms with Gasteiger partial charge in [0.2, 0.25) is 0 Å². The van der Waals surface area contributed by atoms with Crippen molar-refractivity contribution in [3.05, 3.63) is 28.2 Å². The molecule has 4 heteroatoms. The van der Waals surface area contributed by atoms with Crippen molar-refractivity contribution < 1.29 is 9.47 Å². The molecule has 1 aromatic rings. The van der Waals surface area contributed by atoms with Crippen molar-refractivity contribution >= 4 is 15.9 Å². The third-order valence-corrected chi connectivity index (χ3v) is 3.25. The molecule has 0 aliphatic carbocycles. The second-order valence-electron chi connectivity index (χ2n) is 4.26. The molecule has 0 heterocycles. The molecule has 0 amide bonds. The first-order valence-corrected chi connectivity index (χ1v) is 7.11. The minimum Gasteiger partial charge on any atom is -0.489 e. The summed E-state index contributed by atoms with van der Waals surface area (Å²) in [6.45, 7) is 6.73. The Hall–Kier alpha value is -0.580. The van der Waals surface area contributed by atoms with E-state index in [0.29, 0.717) is 0 Å². The van der Waals surface area contributed by atoms with E-state index in [1.54, 1.807) is 7.11 Å². The Labute approximate surface area is 118 Å². The van der Waals surface area contributed by atoms with Crippen molar-refractivity contribution in [3.8, 4) is 5.75 Å². The summed E-state index contributed by atoms with van der Waals surface area (Å²) >= 11 is 3.55. The van der Waals surface area contributed by atoms with Crippen LogP contribution in [0.25, 0.3) is 0 Å². The van der Waals surface area contributed by atoms with Gasteiger partial charge in [-0.15, -0.1) is 0 Å². The van der Waals surface area contributed by atoms with Gasteiger partial charge in [0, 0.05) is 26.7 Å². The van der Waals surface area contributed by atoms with Crippen LogP contribution in [0.5, 0.6) is 5.75 Å². The molecule has 3 nitrogen and oxygen atoms in total. The summed E-state index contributed by atoms with van der Waals surface area (Å²) in [5.41, 5.74) is 1.25. The Balaban J connectivity index is 2.56. The van der Waals surface area contributed by atoms with Crippen LogP contribution in [0.4, 0.5) is 0 Å². The van der Waals surface area contributed by atoms with E-state index in [-0.39, 0.29) is 6.10 Å². The fraction of sp³-hybridized carbons (Fsp3) is 0.571. The first-order valence-electron chi connectivity index (χ1n) is 6.32. The Morgan fingerprint density at radius 3 is 2.78 bits per heavy atom. The van der Waals surface area contributed by atoms with Crippen LogP contribution in [-0.2, 0) is 11.3 Å². The number of methoxy groups -OCH3 is 1. The van der Waals surface area contributed by atoms with Gasteiger partial charge in [-0.25, -0.2) is 0 Å². The average molecular weight is 316 g/mol. The van der Waals surface area contributed by atoms with Crippen LogP contribution in [0.2, 0.25) is 0 Å². The quantitative estimate of drug-likeness (QED) is 0.798. The van der Waals surface area contributed by atoms with Crippen LogP contribution in [0.3, 0.4) is 0 Å². The van der Waals surface area contributed by atoms with Gasteiger partial charge in [-0.05, 0) is 47.1 Å². The molecule has 1 atom stereocenters. The van der Waals surface area contributed by atoms with Gasteiger partial charge >= 0.3 is 0 Å². The maximum absolute atomic E-state index is 5.86. The van der Waals surface area contributed by atoms with Gasteiger partial charge in [0.25, 0.3) is 0 Å². The Morgan fingerprint density at radius 2 is 2.17 bits per heavy atom. The molecule has 0 bridgehead atoms. The van der Waals surface area contributed by atoms with E-state index in [1.807, 2.05) is 6.07 Å². The third-order valence-electron chi connectivity index (χ3n) is 2.63. The predicted molar refractivity (Wildman–Crippen MR) is 78.1 cm³/mol. The molecule has 0 aliphatic rings. The van der Waals surface area contributed by atoms with Crippen LogP contribution in [-0.4, -0.2) is 26.4 Å². The van der Waals surface area contributed by atoms with Crippen LogP contribution >= 0.6 is 15.9 Å². The van der Waals surface area contributed by atoms with Crippen LogP contribution in [0, 0.1) is 0 Å². The van der Waals surface area contributed by atoms with Crippen LogP contribution in [0.1, 0.15) is 25.8 Å². The van der Waals surface area contributed by atoms with Crippen molar-refractivity contribution in [1.82, 2.24) is 5.32 Å². The molecule has 1 aromatic carbocycles. The highest BCUT2D eigenvalue weighted by Crippen LogP contribution is 2.27. The summed E-state index contributed by atoms with van der Waals surface area (Å²) < 4.78 is 11.9. The zero-order valence-corrected chi connectivity index (χ0v) is 12.9. The maximum atomic E-state index is 5.86. The number of ether oxygens (including phenoxy) is 2. The number of hydrogen-bond acceptors (Lipinski definition) is 3.